The van der Waals surface area contributed by atoms with Gasteiger partial charge in [-0.2, -0.15) is 0 Å². The number of likely N-dealkylation sites (tertiary alicyclic amines) is 1. The van der Waals surface area contributed by atoms with Crippen LogP contribution in [0.1, 0.15) is 25.7 Å². The normalized spacial score (nSPS) is 15.6. The molecule has 0 atom stereocenters. The van der Waals surface area contributed by atoms with Gasteiger partial charge in [0.25, 0.3) is 0 Å². The van der Waals surface area contributed by atoms with Gasteiger partial charge in [0, 0.05) is 30.9 Å². The highest BCUT2D eigenvalue weighted by Crippen LogP contribution is 2.19. The maximum atomic E-state index is 13.3. The zero-order chi connectivity index (χ0) is 14.4. The first-order valence-corrected chi connectivity index (χ1v) is 7.05. The molecular weight excluding hydrogens is 259 g/mol. The zero-order valence-corrected chi connectivity index (χ0v) is 11.8. The summed E-state index contributed by atoms with van der Waals surface area (Å²) in [5, 5.41) is 2.97. The van der Waals surface area contributed by atoms with Crippen LogP contribution >= 0.6 is 0 Å². The summed E-state index contributed by atoms with van der Waals surface area (Å²) in [4.78, 5) is 14.0. The molecule has 110 valence electrons. The fraction of sp³-hybridized carbons (Fsp3) is 0.533. The van der Waals surface area contributed by atoms with Crippen LogP contribution in [-0.2, 0) is 4.79 Å². The van der Waals surface area contributed by atoms with Crippen molar-refractivity contribution in [2.45, 2.75) is 25.7 Å². The average Bonchev–Trinajstić information content (AvgIpc) is 2.73. The van der Waals surface area contributed by atoms with E-state index in [1.165, 1.54) is 32.1 Å². The molecule has 0 radical (unpaired) electrons. The highest BCUT2D eigenvalue weighted by Gasteiger charge is 2.15. The number of rotatable bonds is 4. The van der Waals surface area contributed by atoms with Crippen LogP contribution in [-0.4, -0.2) is 37.6 Å². The van der Waals surface area contributed by atoms with Gasteiger partial charge in [-0.1, -0.05) is 12.8 Å². The van der Waals surface area contributed by atoms with E-state index in [1.54, 1.807) is 6.07 Å². The fourth-order valence-electron chi connectivity index (χ4n) is 2.39. The number of anilines is 1. The number of benzene rings is 1. The summed E-state index contributed by atoms with van der Waals surface area (Å²) in [5.41, 5.74) is 0.560. The van der Waals surface area contributed by atoms with Crippen LogP contribution in [0, 0.1) is 5.82 Å². The summed E-state index contributed by atoms with van der Waals surface area (Å²) >= 11 is 0. The molecule has 4 nitrogen and oxygen atoms in total. The standard InChI is InChI=1S/C15H21FN2O2/c1-20-14-9-12(16)8-13(10-14)17-11-15(19)18-6-4-2-3-5-7-18/h8-10,17H,2-7,11H2,1H3. The summed E-state index contributed by atoms with van der Waals surface area (Å²) in [6.07, 6.45) is 4.52. The molecular formula is C15H21FN2O2. The lowest BCUT2D eigenvalue weighted by Crippen LogP contribution is -2.36. The third-order valence-corrected chi connectivity index (χ3v) is 3.51. The van der Waals surface area contributed by atoms with Gasteiger partial charge < -0.3 is 15.0 Å². The van der Waals surface area contributed by atoms with E-state index in [9.17, 15) is 9.18 Å². The van der Waals surface area contributed by atoms with E-state index in [0.717, 1.165) is 25.9 Å². The second-order valence-electron chi connectivity index (χ2n) is 5.03. The second-order valence-corrected chi connectivity index (χ2v) is 5.03. The Morgan fingerprint density at radius 1 is 1.25 bits per heavy atom. The number of methoxy groups -OCH3 is 1. The molecule has 0 aliphatic carbocycles. The number of carbonyl (C=O) groups is 1. The van der Waals surface area contributed by atoms with Gasteiger partial charge in [0.1, 0.15) is 11.6 Å². The van der Waals surface area contributed by atoms with Crippen LogP contribution in [0.5, 0.6) is 5.75 Å². The van der Waals surface area contributed by atoms with E-state index in [1.807, 2.05) is 4.90 Å². The summed E-state index contributed by atoms with van der Waals surface area (Å²) in [7, 11) is 1.49. The summed E-state index contributed by atoms with van der Waals surface area (Å²) in [5.74, 6) is 0.124. The first-order chi connectivity index (χ1) is 9.69. The molecule has 1 N–H and O–H groups in total. The lowest BCUT2D eigenvalue weighted by atomic mass is 10.2. The number of amides is 1. The van der Waals surface area contributed by atoms with Crippen LogP contribution in [0.25, 0.3) is 0 Å². The third-order valence-electron chi connectivity index (χ3n) is 3.51. The van der Waals surface area contributed by atoms with Gasteiger partial charge >= 0.3 is 0 Å². The molecule has 1 heterocycles. The monoisotopic (exact) mass is 280 g/mol. The Morgan fingerprint density at radius 3 is 2.60 bits per heavy atom. The Kier molecular flexibility index (Phi) is 5.21. The molecule has 0 spiro atoms. The maximum Gasteiger partial charge on any atom is 0.241 e. The second kappa shape index (κ2) is 7.12. The topological polar surface area (TPSA) is 41.6 Å². The Labute approximate surface area is 118 Å². The number of carbonyl (C=O) groups excluding carboxylic acids is 1. The van der Waals surface area contributed by atoms with Gasteiger partial charge in [0.05, 0.1) is 13.7 Å². The number of nitrogens with one attached hydrogen (secondary N) is 1. The number of ether oxygens (including phenoxy) is 1. The number of hydrogen-bond donors (Lipinski definition) is 1. The van der Waals surface area contributed by atoms with E-state index in [4.69, 9.17) is 4.74 Å². The Hall–Kier alpha value is -1.78. The predicted molar refractivity (Wildman–Crippen MR) is 76.5 cm³/mol. The van der Waals surface area contributed by atoms with Gasteiger partial charge in [0.2, 0.25) is 5.91 Å². The van der Waals surface area contributed by atoms with Crippen LogP contribution in [0.2, 0.25) is 0 Å². The van der Waals surface area contributed by atoms with Crippen LogP contribution in [0.3, 0.4) is 0 Å². The van der Waals surface area contributed by atoms with Crippen molar-refractivity contribution >= 4 is 11.6 Å². The molecule has 1 aliphatic rings. The van der Waals surface area contributed by atoms with Crippen LogP contribution in [0.15, 0.2) is 18.2 Å². The number of nitrogens with zero attached hydrogens (tertiary/aromatic N) is 1. The molecule has 1 aromatic rings. The fourth-order valence-corrected chi connectivity index (χ4v) is 2.39. The molecule has 5 heteroatoms. The third kappa shape index (κ3) is 4.11. The van der Waals surface area contributed by atoms with Gasteiger partial charge in [-0.3, -0.25) is 4.79 Å². The quantitative estimate of drug-likeness (QED) is 0.922. The van der Waals surface area contributed by atoms with Crippen molar-refractivity contribution in [1.82, 2.24) is 4.90 Å². The van der Waals surface area contributed by atoms with Crippen LogP contribution < -0.4 is 10.1 Å². The van der Waals surface area contributed by atoms with Gasteiger partial charge in [-0.05, 0) is 18.9 Å². The molecule has 0 bridgehead atoms. The lowest BCUT2D eigenvalue weighted by molar-refractivity contribution is -0.129. The largest absolute Gasteiger partial charge is 0.497 e. The SMILES string of the molecule is COc1cc(F)cc(NCC(=O)N2CCCCCC2)c1. The molecule has 20 heavy (non-hydrogen) atoms. The van der Waals surface area contributed by atoms with Crippen molar-refractivity contribution in [3.05, 3.63) is 24.0 Å². The van der Waals surface area contributed by atoms with Gasteiger partial charge in [-0.25, -0.2) is 4.39 Å². The van der Waals surface area contributed by atoms with Crippen molar-refractivity contribution in [2.75, 3.05) is 32.1 Å². The number of hydrogen-bond acceptors (Lipinski definition) is 3. The minimum Gasteiger partial charge on any atom is -0.497 e. The van der Waals surface area contributed by atoms with E-state index in [-0.39, 0.29) is 18.3 Å². The first-order valence-electron chi connectivity index (χ1n) is 7.05. The van der Waals surface area contributed by atoms with Crippen molar-refractivity contribution in [2.24, 2.45) is 0 Å². The van der Waals surface area contributed by atoms with Crippen LogP contribution in [0.4, 0.5) is 10.1 Å². The summed E-state index contributed by atoms with van der Waals surface area (Å²) in [6, 6.07) is 4.35. The molecule has 1 aromatic carbocycles. The van der Waals surface area contributed by atoms with E-state index in [2.05, 4.69) is 5.32 Å². The van der Waals surface area contributed by atoms with Crippen molar-refractivity contribution in [3.63, 3.8) is 0 Å². The minimum atomic E-state index is -0.380. The summed E-state index contributed by atoms with van der Waals surface area (Å²) < 4.78 is 18.3. The predicted octanol–water partition coefficient (Wildman–Crippen LogP) is 2.65. The summed E-state index contributed by atoms with van der Waals surface area (Å²) in [6.45, 7) is 1.84. The van der Waals surface area contributed by atoms with E-state index in [0.29, 0.717) is 11.4 Å². The Bertz CT molecular complexity index is 457. The molecule has 0 aromatic heterocycles. The first kappa shape index (κ1) is 14.6. The van der Waals surface area contributed by atoms with Crippen molar-refractivity contribution < 1.29 is 13.9 Å². The van der Waals surface area contributed by atoms with E-state index >= 15 is 0 Å². The molecule has 1 saturated heterocycles. The Morgan fingerprint density at radius 2 is 1.95 bits per heavy atom. The molecule has 1 fully saturated rings. The lowest BCUT2D eigenvalue weighted by Gasteiger charge is -2.20. The molecule has 1 aliphatic heterocycles. The zero-order valence-electron chi connectivity index (χ0n) is 11.8. The smallest absolute Gasteiger partial charge is 0.241 e. The van der Waals surface area contributed by atoms with Gasteiger partial charge in [-0.15, -0.1) is 0 Å². The molecule has 0 unspecified atom stereocenters. The molecule has 0 saturated carbocycles. The highest BCUT2D eigenvalue weighted by atomic mass is 19.1. The molecule has 2 rings (SSSR count). The maximum absolute atomic E-state index is 13.3. The number of halogens is 1. The average molecular weight is 280 g/mol. The van der Waals surface area contributed by atoms with E-state index < -0.39 is 0 Å². The Balaban J connectivity index is 1.90. The van der Waals surface area contributed by atoms with Crippen molar-refractivity contribution in [3.8, 4) is 5.75 Å². The molecule has 1 amide bonds. The minimum absolute atomic E-state index is 0.0649. The highest BCUT2D eigenvalue weighted by molar-refractivity contribution is 5.81. The van der Waals surface area contributed by atoms with Crippen molar-refractivity contribution in [1.29, 1.82) is 0 Å². The van der Waals surface area contributed by atoms with Gasteiger partial charge in [0.15, 0.2) is 0 Å².